The fourth-order valence-electron chi connectivity index (χ4n) is 3.48. The van der Waals surface area contributed by atoms with Crippen molar-refractivity contribution >= 4 is 17.2 Å². The highest BCUT2D eigenvalue weighted by Gasteiger charge is 2.32. The highest BCUT2D eigenvalue weighted by atomic mass is 32.1. The zero-order chi connectivity index (χ0) is 16.4. The maximum atomic E-state index is 12.3. The first-order chi connectivity index (χ1) is 11.8. The van der Waals surface area contributed by atoms with Gasteiger partial charge in [0.15, 0.2) is 18.0 Å². The summed E-state index contributed by atoms with van der Waals surface area (Å²) in [5, 5.41) is 5.15. The molecular formula is C18H21N2O3S+. The summed E-state index contributed by atoms with van der Waals surface area (Å²) in [4.78, 5) is 15.1. The monoisotopic (exact) mass is 345 g/mol. The van der Waals surface area contributed by atoms with E-state index in [-0.39, 0.29) is 12.7 Å². The molecule has 6 heteroatoms. The molecule has 3 heterocycles. The minimum absolute atomic E-state index is 0.103. The van der Waals surface area contributed by atoms with E-state index in [9.17, 15) is 4.79 Å². The van der Waals surface area contributed by atoms with Crippen LogP contribution in [0.5, 0.6) is 11.5 Å². The number of benzene rings is 1. The maximum Gasteiger partial charge on any atom is 0.275 e. The molecule has 1 aromatic heterocycles. The Morgan fingerprint density at radius 3 is 3.08 bits per heavy atom. The van der Waals surface area contributed by atoms with Crippen molar-refractivity contribution in [3.05, 3.63) is 46.2 Å². The second-order valence-electron chi connectivity index (χ2n) is 6.26. The average molecular weight is 345 g/mol. The zero-order valence-electron chi connectivity index (χ0n) is 13.4. The van der Waals surface area contributed by atoms with Gasteiger partial charge in [-0.1, -0.05) is 12.1 Å². The van der Waals surface area contributed by atoms with Gasteiger partial charge < -0.3 is 19.7 Å². The van der Waals surface area contributed by atoms with Crippen molar-refractivity contribution in [3.63, 3.8) is 0 Å². The first-order valence-corrected chi connectivity index (χ1v) is 9.21. The SMILES string of the molecule is O=C(C[NH+]1CCC[C@H]1c1cccs1)NCc1ccc2c(c1)OCO2. The second kappa shape index (κ2) is 6.83. The largest absolute Gasteiger partial charge is 0.454 e. The number of quaternary nitrogens is 1. The summed E-state index contributed by atoms with van der Waals surface area (Å²) in [5.41, 5.74) is 1.03. The van der Waals surface area contributed by atoms with Crippen LogP contribution in [0.25, 0.3) is 0 Å². The van der Waals surface area contributed by atoms with Gasteiger partial charge >= 0.3 is 0 Å². The van der Waals surface area contributed by atoms with Crippen LogP contribution in [0.1, 0.15) is 29.3 Å². The van der Waals surface area contributed by atoms with Gasteiger partial charge in [0.25, 0.3) is 5.91 Å². The molecule has 2 N–H and O–H groups in total. The van der Waals surface area contributed by atoms with Gasteiger partial charge in [0, 0.05) is 19.4 Å². The number of carbonyl (C=O) groups excluding carboxylic acids is 1. The van der Waals surface area contributed by atoms with Crippen LogP contribution in [0.4, 0.5) is 0 Å². The average Bonchev–Trinajstić information content (AvgIpc) is 3.32. The van der Waals surface area contributed by atoms with Crippen molar-refractivity contribution in [2.24, 2.45) is 0 Å². The summed E-state index contributed by atoms with van der Waals surface area (Å²) in [7, 11) is 0. The van der Waals surface area contributed by atoms with Crippen molar-refractivity contribution in [1.82, 2.24) is 5.32 Å². The molecule has 1 unspecified atom stereocenters. The quantitative estimate of drug-likeness (QED) is 0.864. The summed E-state index contributed by atoms with van der Waals surface area (Å²) in [6.45, 7) is 2.40. The minimum Gasteiger partial charge on any atom is -0.454 e. The number of hydrogen-bond acceptors (Lipinski definition) is 4. The fourth-order valence-corrected chi connectivity index (χ4v) is 4.40. The van der Waals surface area contributed by atoms with Gasteiger partial charge in [0.1, 0.15) is 6.04 Å². The number of rotatable bonds is 5. The molecule has 2 atom stereocenters. The second-order valence-corrected chi connectivity index (χ2v) is 7.24. The van der Waals surface area contributed by atoms with Crippen LogP contribution >= 0.6 is 11.3 Å². The van der Waals surface area contributed by atoms with Gasteiger partial charge in [0.05, 0.1) is 11.4 Å². The number of fused-ring (bicyclic) bond motifs is 1. The van der Waals surface area contributed by atoms with Crippen LogP contribution in [-0.2, 0) is 11.3 Å². The van der Waals surface area contributed by atoms with Crippen molar-refractivity contribution < 1.29 is 19.2 Å². The molecule has 1 amide bonds. The number of ether oxygens (including phenoxy) is 2. The summed E-state index contributed by atoms with van der Waals surface area (Å²) >= 11 is 1.79. The predicted octanol–water partition coefficient (Wildman–Crippen LogP) is 1.51. The molecule has 0 aliphatic carbocycles. The third-order valence-corrected chi connectivity index (χ3v) is 5.67. The van der Waals surface area contributed by atoms with E-state index >= 15 is 0 Å². The van der Waals surface area contributed by atoms with E-state index < -0.39 is 0 Å². The summed E-state index contributed by atoms with van der Waals surface area (Å²) in [5.74, 6) is 1.63. The van der Waals surface area contributed by atoms with Crippen LogP contribution < -0.4 is 19.7 Å². The van der Waals surface area contributed by atoms with E-state index in [1.54, 1.807) is 11.3 Å². The van der Waals surface area contributed by atoms with Gasteiger partial charge in [-0.05, 0) is 29.1 Å². The third-order valence-electron chi connectivity index (χ3n) is 4.68. The topological polar surface area (TPSA) is 52.0 Å². The molecule has 1 aromatic carbocycles. The number of likely N-dealkylation sites (tertiary alicyclic amines) is 1. The number of amides is 1. The van der Waals surface area contributed by atoms with Crippen LogP contribution in [0.3, 0.4) is 0 Å². The lowest BCUT2D eigenvalue weighted by atomic mass is 10.2. The number of carbonyl (C=O) groups is 1. The van der Waals surface area contributed by atoms with E-state index in [4.69, 9.17) is 9.47 Å². The highest BCUT2D eigenvalue weighted by molar-refractivity contribution is 7.10. The molecule has 2 aliphatic rings. The summed E-state index contributed by atoms with van der Waals surface area (Å²) in [6, 6.07) is 10.5. The standard InChI is InChI=1S/C18H20N2O3S/c21-18(11-20-7-1-3-14(20)17-4-2-8-24-17)19-10-13-5-6-15-16(9-13)23-12-22-15/h2,4-6,8-9,14H,1,3,7,10-12H2,(H,19,21)/p+1/t14-/m0/s1. The van der Waals surface area contributed by atoms with E-state index in [0.29, 0.717) is 19.1 Å². The van der Waals surface area contributed by atoms with Crippen molar-refractivity contribution in [3.8, 4) is 11.5 Å². The molecule has 0 radical (unpaired) electrons. The third kappa shape index (κ3) is 3.25. The van der Waals surface area contributed by atoms with E-state index in [1.807, 2.05) is 18.2 Å². The van der Waals surface area contributed by atoms with Crippen LogP contribution in [0.15, 0.2) is 35.7 Å². The lowest BCUT2D eigenvalue weighted by Crippen LogP contribution is -3.11. The molecule has 4 rings (SSSR count). The molecule has 0 bridgehead atoms. The molecule has 0 saturated carbocycles. The first-order valence-electron chi connectivity index (χ1n) is 8.33. The van der Waals surface area contributed by atoms with Crippen molar-refractivity contribution in [2.75, 3.05) is 19.9 Å². The summed E-state index contributed by atoms with van der Waals surface area (Å²) < 4.78 is 10.7. The van der Waals surface area contributed by atoms with Gasteiger partial charge in [0.2, 0.25) is 6.79 Å². The van der Waals surface area contributed by atoms with Crippen molar-refractivity contribution in [2.45, 2.75) is 25.4 Å². The highest BCUT2D eigenvalue weighted by Crippen LogP contribution is 2.32. The molecule has 0 spiro atoms. The molecule has 1 saturated heterocycles. The molecule has 24 heavy (non-hydrogen) atoms. The molecule has 2 aliphatic heterocycles. The van der Waals surface area contributed by atoms with E-state index in [1.165, 1.54) is 22.6 Å². The Kier molecular flexibility index (Phi) is 4.40. The Labute approximate surface area is 145 Å². The molecular weight excluding hydrogens is 324 g/mol. The smallest absolute Gasteiger partial charge is 0.275 e. The predicted molar refractivity (Wildman–Crippen MR) is 91.4 cm³/mol. The Bertz CT molecular complexity index is 717. The number of nitrogens with one attached hydrogen (secondary N) is 2. The van der Waals surface area contributed by atoms with Crippen molar-refractivity contribution in [1.29, 1.82) is 0 Å². The number of thiophene rings is 1. The molecule has 1 fully saturated rings. The lowest BCUT2D eigenvalue weighted by molar-refractivity contribution is -0.910. The Balaban J connectivity index is 1.32. The zero-order valence-corrected chi connectivity index (χ0v) is 14.2. The van der Waals surface area contributed by atoms with Crippen LogP contribution in [0.2, 0.25) is 0 Å². The molecule has 2 aromatic rings. The normalized spacial score (nSPS) is 21.8. The van der Waals surface area contributed by atoms with E-state index in [0.717, 1.165) is 23.6 Å². The Morgan fingerprint density at radius 1 is 1.29 bits per heavy atom. The Hall–Kier alpha value is -2.05. The van der Waals surface area contributed by atoms with Gasteiger partial charge in [-0.2, -0.15) is 0 Å². The Morgan fingerprint density at radius 2 is 2.21 bits per heavy atom. The lowest BCUT2D eigenvalue weighted by Gasteiger charge is -2.20. The first kappa shape index (κ1) is 15.5. The molecule has 5 nitrogen and oxygen atoms in total. The summed E-state index contributed by atoms with van der Waals surface area (Å²) in [6.07, 6.45) is 2.36. The van der Waals surface area contributed by atoms with Gasteiger partial charge in [-0.25, -0.2) is 0 Å². The minimum atomic E-state index is 0.103. The maximum absolute atomic E-state index is 12.3. The van der Waals surface area contributed by atoms with Crippen LogP contribution in [0, 0.1) is 0 Å². The molecule has 126 valence electrons. The fraction of sp³-hybridized carbons (Fsp3) is 0.389. The van der Waals surface area contributed by atoms with E-state index in [2.05, 4.69) is 22.8 Å². The number of hydrogen-bond donors (Lipinski definition) is 2. The van der Waals surface area contributed by atoms with Gasteiger partial charge in [-0.15, -0.1) is 11.3 Å². The van der Waals surface area contributed by atoms with Gasteiger partial charge in [-0.3, -0.25) is 4.79 Å². The van der Waals surface area contributed by atoms with Crippen LogP contribution in [-0.4, -0.2) is 25.8 Å².